The summed E-state index contributed by atoms with van der Waals surface area (Å²) < 4.78 is 27.2. The van der Waals surface area contributed by atoms with E-state index in [0.29, 0.717) is 22.1 Å². The van der Waals surface area contributed by atoms with Crippen LogP contribution in [-0.2, 0) is 6.61 Å². The highest BCUT2D eigenvalue weighted by Gasteiger charge is 2.26. The molecule has 3 aromatic carbocycles. The van der Waals surface area contributed by atoms with E-state index < -0.39 is 17.6 Å². The molecular formula is C27H26ClFN4O4S. The number of nitrogens with zero attached hydrogens (tertiary/aromatic N) is 4. The Labute approximate surface area is 228 Å². The van der Waals surface area contributed by atoms with Crippen LogP contribution in [0.4, 0.5) is 4.39 Å². The zero-order chi connectivity index (χ0) is 27.4. The summed E-state index contributed by atoms with van der Waals surface area (Å²) in [7, 11) is 1.45. The Bertz CT molecular complexity index is 1480. The number of benzene rings is 3. The lowest BCUT2D eigenvalue weighted by Crippen LogP contribution is -2.12. The summed E-state index contributed by atoms with van der Waals surface area (Å²) >= 11 is 7.77. The minimum Gasteiger partial charge on any atom is -0.493 e. The van der Waals surface area contributed by atoms with Crippen LogP contribution in [0, 0.1) is 36.7 Å². The molecule has 0 radical (unpaired) electrons. The van der Waals surface area contributed by atoms with Gasteiger partial charge in [-0.25, -0.2) is 4.39 Å². The van der Waals surface area contributed by atoms with Crippen LogP contribution >= 0.6 is 23.4 Å². The fourth-order valence-corrected chi connectivity index (χ4v) is 5.31. The van der Waals surface area contributed by atoms with E-state index in [-0.39, 0.29) is 28.1 Å². The van der Waals surface area contributed by atoms with E-state index in [9.17, 15) is 14.5 Å². The van der Waals surface area contributed by atoms with Crippen LogP contribution in [0.15, 0.2) is 59.8 Å². The van der Waals surface area contributed by atoms with Gasteiger partial charge in [-0.15, -0.1) is 10.2 Å². The molecule has 0 bridgehead atoms. The number of hydrogen-bond acceptors (Lipinski definition) is 7. The van der Waals surface area contributed by atoms with Gasteiger partial charge in [0.15, 0.2) is 16.7 Å². The van der Waals surface area contributed by atoms with Crippen molar-refractivity contribution in [1.29, 1.82) is 0 Å². The number of thioether (sulfide) groups is 1. The quantitative estimate of drug-likeness (QED) is 0.122. The molecule has 1 aromatic heterocycles. The van der Waals surface area contributed by atoms with Crippen LogP contribution in [0.2, 0.25) is 5.02 Å². The van der Waals surface area contributed by atoms with E-state index in [1.165, 1.54) is 24.9 Å². The average molecular weight is 557 g/mol. The number of nitro groups is 1. The highest BCUT2D eigenvalue weighted by Crippen LogP contribution is 2.43. The van der Waals surface area contributed by atoms with Crippen molar-refractivity contribution in [3.05, 3.63) is 104 Å². The van der Waals surface area contributed by atoms with E-state index in [4.69, 9.17) is 21.1 Å². The number of methoxy groups -OCH3 is 1. The highest BCUT2D eigenvalue weighted by atomic mass is 35.5. The van der Waals surface area contributed by atoms with Crippen molar-refractivity contribution in [2.24, 2.45) is 0 Å². The average Bonchev–Trinajstić information content (AvgIpc) is 3.24. The zero-order valence-corrected chi connectivity index (χ0v) is 22.8. The molecule has 0 fully saturated rings. The summed E-state index contributed by atoms with van der Waals surface area (Å²) in [5.41, 5.74) is 4.04. The zero-order valence-electron chi connectivity index (χ0n) is 21.3. The standard InChI is InChI=1S/C27H26ClFN4O4S/c1-16-9-10-21(11-17(16)2)33-18(3)30-31-27(33)38-25(14-32(34)35)20-12-22(28)26(24(13-20)36-4)37-15-19-7-5-6-8-23(19)29/h5-13,25H,14-15H2,1-4H3/t25-/m0/s1. The molecule has 4 aromatic rings. The number of aromatic nitrogens is 3. The van der Waals surface area contributed by atoms with Crippen LogP contribution in [-0.4, -0.2) is 33.3 Å². The predicted molar refractivity (Wildman–Crippen MR) is 145 cm³/mol. The normalized spacial score (nSPS) is 11.8. The first kappa shape index (κ1) is 27.4. The molecular weight excluding hydrogens is 531 g/mol. The third-order valence-corrected chi connectivity index (χ3v) is 7.52. The van der Waals surface area contributed by atoms with Crippen molar-refractivity contribution >= 4 is 23.4 Å². The second-order valence-electron chi connectivity index (χ2n) is 8.67. The Hall–Kier alpha value is -3.63. The highest BCUT2D eigenvalue weighted by molar-refractivity contribution is 7.99. The Balaban J connectivity index is 1.67. The summed E-state index contributed by atoms with van der Waals surface area (Å²) in [5, 5.41) is 20.2. The molecule has 0 aliphatic heterocycles. The van der Waals surface area contributed by atoms with Gasteiger partial charge in [-0.05, 0) is 67.8 Å². The lowest BCUT2D eigenvalue weighted by atomic mass is 10.1. The first-order chi connectivity index (χ1) is 18.2. The molecule has 11 heteroatoms. The monoisotopic (exact) mass is 556 g/mol. The first-order valence-electron chi connectivity index (χ1n) is 11.7. The summed E-state index contributed by atoms with van der Waals surface area (Å²) in [6.07, 6.45) is 0. The van der Waals surface area contributed by atoms with Gasteiger partial charge < -0.3 is 9.47 Å². The van der Waals surface area contributed by atoms with Crippen molar-refractivity contribution in [2.75, 3.05) is 13.7 Å². The van der Waals surface area contributed by atoms with E-state index >= 15 is 0 Å². The molecule has 1 heterocycles. The first-order valence-corrected chi connectivity index (χ1v) is 13.0. The Morgan fingerprint density at radius 2 is 1.87 bits per heavy atom. The largest absolute Gasteiger partial charge is 0.493 e. The lowest BCUT2D eigenvalue weighted by Gasteiger charge is -2.18. The second kappa shape index (κ2) is 11.8. The summed E-state index contributed by atoms with van der Waals surface area (Å²) in [6, 6.07) is 15.5. The Morgan fingerprint density at radius 3 is 2.55 bits per heavy atom. The topological polar surface area (TPSA) is 92.3 Å². The molecule has 198 valence electrons. The van der Waals surface area contributed by atoms with Gasteiger partial charge in [0, 0.05) is 16.2 Å². The maximum absolute atomic E-state index is 14.0. The van der Waals surface area contributed by atoms with Gasteiger partial charge in [0.25, 0.3) is 0 Å². The van der Waals surface area contributed by atoms with Crippen molar-refractivity contribution in [1.82, 2.24) is 14.8 Å². The molecule has 0 saturated heterocycles. The summed E-state index contributed by atoms with van der Waals surface area (Å²) in [4.78, 5) is 11.3. The van der Waals surface area contributed by atoms with Crippen LogP contribution in [0.3, 0.4) is 0 Å². The third-order valence-electron chi connectivity index (χ3n) is 6.06. The SMILES string of the molecule is COc1cc([C@H](C[N+](=O)[O-])Sc2nnc(C)n2-c2ccc(C)c(C)c2)cc(Cl)c1OCc1ccccc1F. The predicted octanol–water partition coefficient (Wildman–Crippen LogP) is 6.68. The van der Waals surface area contributed by atoms with Gasteiger partial charge in [0.1, 0.15) is 23.5 Å². The maximum atomic E-state index is 14.0. The number of rotatable bonds is 10. The van der Waals surface area contributed by atoms with Crippen LogP contribution in [0.1, 0.15) is 33.3 Å². The molecule has 0 aliphatic rings. The minimum absolute atomic E-state index is 0.0620. The van der Waals surface area contributed by atoms with Gasteiger partial charge >= 0.3 is 0 Å². The number of ether oxygens (including phenoxy) is 2. The second-order valence-corrected chi connectivity index (χ2v) is 10.2. The van der Waals surface area contributed by atoms with E-state index in [1.54, 1.807) is 30.3 Å². The van der Waals surface area contributed by atoms with Gasteiger partial charge in [0.05, 0.1) is 12.1 Å². The molecule has 0 unspecified atom stereocenters. The van der Waals surface area contributed by atoms with E-state index in [2.05, 4.69) is 10.2 Å². The molecule has 1 atom stereocenters. The number of aryl methyl sites for hydroxylation is 3. The third kappa shape index (κ3) is 6.08. The van der Waals surface area contributed by atoms with Gasteiger partial charge in [0.2, 0.25) is 6.54 Å². The van der Waals surface area contributed by atoms with Crippen LogP contribution in [0.25, 0.3) is 5.69 Å². The van der Waals surface area contributed by atoms with Crippen LogP contribution < -0.4 is 9.47 Å². The van der Waals surface area contributed by atoms with E-state index in [1.807, 2.05) is 43.5 Å². The molecule has 0 N–H and O–H groups in total. The maximum Gasteiger partial charge on any atom is 0.220 e. The fraction of sp³-hybridized carbons (Fsp3) is 0.259. The number of hydrogen-bond donors (Lipinski definition) is 0. The molecule has 4 rings (SSSR count). The minimum atomic E-state index is -0.661. The molecule has 0 amide bonds. The van der Waals surface area contributed by atoms with E-state index in [0.717, 1.165) is 16.8 Å². The van der Waals surface area contributed by atoms with Gasteiger partial charge in [-0.3, -0.25) is 14.7 Å². The van der Waals surface area contributed by atoms with Gasteiger partial charge in [-0.1, -0.05) is 47.6 Å². The van der Waals surface area contributed by atoms with Crippen molar-refractivity contribution in [3.8, 4) is 17.2 Å². The van der Waals surface area contributed by atoms with Crippen molar-refractivity contribution in [2.45, 2.75) is 37.8 Å². The summed E-state index contributed by atoms with van der Waals surface area (Å²) in [6.45, 7) is 5.43. The molecule has 0 spiro atoms. The lowest BCUT2D eigenvalue weighted by molar-refractivity contribution is -0.479. The summed E-state index contributed by atoms with van der Waals surface area (Å²) in [5.74, 6) is 0.762. The smallest absolute Gasteiger partial charge is 0.220 e. The molecule has 0 saturated carbocycles. The molecule has 38 heavy (non-hydrogen) atoms. The fourth-order valence-electron chi connectivity index (χ4n) is 3.89. The van der Waals surface area contributed by atoms with Crippen molar-refractivity contribution in [3.63, 3.8) is 0 Å². The van der Waals surface area contributed by atoms with Crippen molar-refractivity contribution < 1.29 is 18.8 Å². The Kier molecular flexibility index (Phi) is 8.53. The number of halogens is 2. The van der Waals surface area contributed by atoms with Crippen LogP contribution in [0.5, 0.6) is 11.5 Å². The molecule has 8 nitrogen and oxygen atoms in total. The Morgan fingerprint density at radius 1 is 1.11 bits per heavy atom. The van der Waals surface area contributed by atoms with Gasteiger partial charge in [-0.2, -0.15) is 0 Å². The molecule has 0 aliphatic carbocycles.